The number of carbonyl (C=O) groups excluding carboxylic acids is 1. The number of carboxylic acid groups (broad SMARTS) is 1. The summed E-state index contributed by atoms with van der Waals surface area (Å²) in [5.41, 5.74) is 0.128. The highest BCUT2D eigenvalue weighted by Crippen LogP contribution is 2.19. The van der Waals surface area contributed by atoms with Crippen LogP contribution in [0, 0.1) is 5.92 Å². The number of nitrogens with one attached hydrogen (secondary N) is 1. The number of amides is 1. The van der Waals surface area contributed by atoms with Crippen molar-refractivity contribution < 1.29 is 14.7 Å². The molecule has 1 aromatic rings. The summed E-state index contributed by atoms with van der Waals surface area (Å²) in [6, 6.07) is 3.19. The number of rotatable bonds is 8. The van der Waals surface area contributed by atoms with Gasteiger partial charge < -0.3 is 10.4 Å². The first-order valence-electron chi connectivity index (χ1n) is 7.00. The van der Waals surface area contributed by atoms with E-state index in [-0.39, 0.29) is 23.3 Å². The molecule has 1 heterocycles. The first-order valence-corrected chi connectivity index (χ1v) is 7.99. The zero-order chi connectivity index (χ0) is 15.8. The molecular weight excluding hydrogens is 288 g/mol. The maximum atomic E-state index is 11.8. The number of aromatic carboxylic acids is 1. The average molecular weight is 310 g/mol. The van der Waals surface area contributed by atoms with Crippen LogP contribution in [0.2, 0.25) is 0 Å². The van der Waals surface area contributed by atoms with Gasteiger partial charge in [-0.25, -0.2) is 9.78 Å². The van der Waals surface area contributed by atoms with Crippen molar-refractivity contribution in [1.82, 2.24) is 10.3 Å². The molecule has 0 aromatic carbocycles. The first-order chi connectivity index (χ1) is 9.90. The number of carboxylic acids is 1. The Morgan fingerprint density at radius 1 is 1.33 bits per heavy atom. The van der Waals surface area contributed by atoms with Gasteiger partial charge in [-0.2, -0.15) is 0 Å². The lowest BCUT2D eigenvalue weighted by Gasteiger charge is -2.15. The van der Waals surface area contributed by atoms with Crippen molar-refractivity contribution in [3.63, 3.8) is 0 Å². The second-order valence-electron chi connectivity index (χ2n) is 5.39. The molecule has 0 fully saturated rings. The van der Waals surface area contributed by atoms with Crippen LogP contribution in [-0.4, -0.2) is 33.8 Å². The van der Waals surface area contributed by atoms with Gasteiger partial charge in [0.05, 0.1) is 11.3 Å². The molecule has 0 saturated heterocycles. The third-order valence-corrected chi connectivity index (χ3v) is 3.93. The van der Waals surface area contributed by atoms with Gasteiger partial charge in [-0.1, -0.05) is 25.6 Å². The van der Waals surface area contributed by atoms with E-state index in [1.54, 1.807) is 6.07 Å². The molecule has 0 aliphatic carbocycles. The van der Waals surface area contributed by atoms with Crippen LogP contribution < -0.4 is 5.32 Å². The van der Waals surface area contributed by atoms with Gasteiger partial charge in [0.1, 0.15) is 5.03 Å². The van der Waals surface area contributed by atoms with Crippen LogP contribution in [0.15, 0.2) is 23.4 Å². The molecule has 0 aliphatic heterocycles. The van der Waals surface area contributed by atoms with Crippen LogP contribution in [0.25, 0.3) is 0 Å². The number of hydrogen-bond donors (Lipinski definition) is 2. The lowest BCUT2D eigenvalue weighted by atomic mass is 10.0. The van der Waals surface area contributed by atoms with Crippen molar-refractivity contribution in [3.05, 3.63) is 23.9 Å². The Hall–Kier alpha value is -1.56. The molecule has 0 bridgehead atoms. The topological polar surface area (TPSA) is 79.3 Å². The largest absolute Gasteiger partial charge is 0.478 e. The summed E-state index contributed by atoms with van der Waals surface area (Å²) in [6.45, 7) is 6.28. The quantitative estimate of drug-likeness (QED) is 0.722. The zero-order valence-corrected chi connectivity index (χ0v) is 13.4. The fraction of sp³-hybridized carbons (Fsp3) is 0.533. The highest BCUT2D eigenvalue weighted by atomic mass is 32.2. The SMILES string of the molecule is CC(C)CCC(C)NC(=O)CSc1ncccc1C(=O)O. The summed E-state index contributed by atoms with van der Waals surface area (Å²) in [5, 5.41) is 12.3. The van der Waals surface area contributed by atoms with Crippen molar-refractivity contribution in [2.75, 3.05) is 5.75 Å². The lowest BCUT2D eigenvalue weighted by Crippen LogP contribution is -2.34. The minimum absolute atomic E-state index is 0.0988. The fourth-order valence-electron chi connectivity index (χ4n) is 1.77. The smallest absolute Gasteiger partial charge is 0.338 e. The highest BCUT2D eigenvalue weighted by molar-refractivity contribution is 8.00. The summed E-state index contributed by atoms with van der Waals surface area (Å²) in [5.74, 6) is -0.344. The van der Waals surface area contributed by atoms with Gasteiger partial charge in [0.2, 0.25) is 5.91 Å². The van der Waals surface area contributed by atoms with Crippen LogP contribution in [0.3, 0.4) is 0 Å². The first kappa shape index (κ1) is 17.5. The van der Waals surface area contributed by atoms with E-state index >= 15 is 0 Å². The summed E-state index contributed by atoms with van der Waals surface area (Å²) in [4.78, 5) is 26.9. The molecule has 0 aliphatic rings. The van der Waals surface area contributed by atoms with Crippen LogP contribution in [0.1, 0.15) is 44.0 Å². The van der Waals surface area contributed by atoms with Gasteiger partial charge in [0.15, 0.2) is 0 Å². The van der Waals surface area contributed by atoms with Gasteiger partial charge in [0, 0.05) is 12.2 Å². The fourth-order valence-corrected chi connectivity index (χ4v) is 2.57. The summed E-state index contributed by atoms with van der Waals surface area (Å²) in [7, 11) is 0. The molecule has 0 spiro atoms. The predicted octanol–water partition coefficient (Wildman–Crippen LogP) is 2.81. The van der Waals surface area contributed by atoms with Crippen LogP contribution >= 0.6 is 11.8 Å². The predicted molar refractivity (Wildman–Crippen MR) is 83.6 cm³/mol. The van der Waals surface area contributed by atoms with E-state index in [2.05, 4.69) is 24.1 Å². The summed E-state index contributed by atoms with van der Waals surface area (Å²) < 4.78 is 0. The molecule has 0 radical (unpaired) electrons. The third kappa shape index (κ3) is 6.62. The van der Waals surface area contributed by atoms with E-state index in [9.17, 15) is 9.59 Å². The normalized spacial score (nSPS) is 12.2. The molecular formula is C15H22N2O3S. The Kier molecular flexibility index (Phi) is 7.22. The van der Waals surface area contributed by atoms with Crippen molar-refractivity contribution in [3.8, 4) is 0 Å². The van der Waals surface area contributed by atoms with Crippen molar-refractivity contribution >= 4 is 23.6 Å². The van der Waals surface area contributed by atoms with E-state index in [0.717, 1.165) is 24.6 Å². The van der Waals surface area contributed by atoms with E-state index in [4.69, 9.17) is 5.11 Å². The van der Waals surface area contributed by atoms with Crippen LogP contribution in [0.5, 0.6) is 0 Å². The number of carbonyl (C=O) groups is 2. The summed E-state index contributed by atoms with van der Waals surface area (Å²) in [6.07, 6.45) is 3.54. The molecule has 5 nitrogen and oxygen atoms in total. The number of nitrogens with zero attached hydrogens (tertiary/aromatic N) is 1. The highest BCUT2D eigenvalue weighted by Gasteiger charge is 2.14. The molecule has 2 N–H and O–H groups in total. The number of pyridine rings is 1. The maximum Gasteiger partial charge on any atom is 0.338 e. The molecule has 6 heteroatoms. The Bertz CT molecular complexity index is 492. The Labute approximate surface area is 129 Å². The van der Waals surface area contributed by atoms with E-state index in [0.29, 0.717) is 10.9 Å². The number of thioether (sulfide) groups is 1. The van der Waals surface area contributed by atoms with E-state index < -0.39 is 5.97 Å². The zero-order valence-electron chi connectivity index (χ0n) is 12.6. The molecule has 1 rings (SSSR count). The average Bonchev–Trinajstić information content (AvgIpc) is 2.43. The molecule has 1 unspecified atom stereocenters. The minimum atomic E-state index is -1.03. The molecule has 116 valence electrons. The number of hydrogen-bond acceptors (Lipinski definition) is 4. The maximum absolute atomic E-state index is 11.8. The second-order valence-corrected chi connectivity index (χ2v) is 6.35. The van der Waals surface area contributed by atoms with Gasteiger partial charge in [-0.3, -0.25) is 4.79 Å². The molecule has 1 amide bonds. The Balaban J connectivity index is 2.45. The molecule has 0 saturated carbocycles. The van der Waals surface area contributed by atoms with Crippen molar-refractivity contribution in [2.24, 2.45) is 5.92 Å². The van der Waals surface area contributed by atoms with Crippen molar-refractivity contribution in [2.45, 2.75) is 44.7 Å². The molecule has 1 atom stereocenters. The second kappa shape index (κ2) is 8.67. The Morgan fingerprint density at radius 2 is 2.05 bits per heavy atom. The van der Waals surface area contributed by atoms with Gasteiger partial charge in [0.25, 0.3) is 0 Å². The standard InChI is InChI=1S/C15H22N2O3S/c1-10(2)6-7-11(3)17-13(18)9-21-14-12(15(19)20)5-4-8-16-14/h4-5,8,10-11H,6-7,9H2,1-3H3,(H,17,18)(H,19,20). The molecule has 21 heavy (non-hydrogen) atoms. The van der Waals surface area contributed by atoms with Crippen molar-refractivity contribution in [1.29, 1.82) is 0 Å². The monoisotopic (exact) mass is 310 g/mol. The van der Waals surface area contributed by atoms with E-state index in [1.165, 1.54) is 12.3 Å². The van der Waals surface area contributed by atoms with Crippen LogP contribution in [-0.2, 0) is 4.79 Å². The Morgan fingerprint density at radius 3 is 2.67 bits per heavy atom. The number of aromatic nitrogens is 1. The molecule has 1 aromatic heterocycles. The summed E-state index contributed by atoms with van der Waals surface area (Å²) >= 11 is 1.15. The van der Waals surface area contributed by atoms with E-state index in [1.807, 2.05) is 6.92 Å². The lowest BCUT2D eigenvalue weighted by molar-refractivity contribution is -0.119. The van der Waals surface area contributed by atoms with Gasteiger partial charge in [-0.15, -0.1) is 0 Å². The van der Waals surface area contributed by atoms with Gasteiger partial charge >= 0.3 is 5.97 Å². The van der Waals surface area contributed by atoms with Crippen LogP contribution in [0.4, 0.5) is 0 Å². The minimum Gasteiger partial charge on any atom is -0.478 e. The van der Waals surface area contributed by atoms with Gasteiger partial charge in [-0.05, 0) is 37.8 Å². The third-order valence-electron chi connectivity index (χ3n) is 2.93.